The normalized spacial score (nSPS) is 13.4. The van der Waals surface area contributed by atoms with Crippen molar-refractivity contribution in [3.63, 3.8) is 0 Å². The smallest absolute Gasteiger partial charge is 0.0823 e. The molecular weight excluding hydrogens is 268 g/mol. The highest BCUT2D eigenvalue weighted by Crippen LogP contribution is 2.28. The summed E-state index contributed by atoms with van der Waals surface area (Å²) in [6, 6.07) is 10.3. The van der Waals surface area contributed by atoms with E-state index in [-0.39, 0.29) is 10.8 Å². The molecular formula is C15H22N4S. The summed E-state index contributed by atoms with van der Waals surface area (Å²) in [5.41, 5.74) is 2.14. The van der Waals surface area contributed by atoms with Crippen LogP contribution < -0.4 is 5.32 Å². The SMILES string of the molecule is CNC(CSC(C)(C)C)c1cnnn1-c1ccccc1. The number of hydrogen-bond donors (Lipinski definition) is 1. The number of hydrogen-bond acceptors (Lipinski definition) is 4. The van der Waals surface area contributed by atoms with E-state index >= 15 is 0 Å². The summed E-state index contributed by atoms with van der Waals surface area (Å²) in [6.07, 6.45) is 1.84. The van der Waals surface area contributed by atoms with Crippen molar-refractivity contribution < 1.29 is 0 Å². The Morgan fingerprint density at radius 2 is 1.95 bits per heavy atom. The highest BCUT2D eigenvalue weighted by Gasteiger charge is 2.20. The van der Waals surface area contributed by atoms with Gasteiger partial charge in [0, 0.05) is 10.5 Å². The van der Waals surface area contributed by atoms with E-state index in [4.69, 9.17) is 0 Å². The summed E-state index contributed by atoms with van der Waals surface area (Å²) >= 11 is 1.94. The van der Waals surface area contributed by atoms with Gasteiger partial charge in [0.05, 0.1) is 23.6 Å². The fraction of sp³-hybridized carbons (Fsp3) is 0.467. The minimum absolute atomic E-state index is 0.231. The van der Waals surface area contributed by atoms with E-state index in [2.05, 4.69) is 36.4 Å². The Morgan fingerprint density at radius 1 is 1.25 bits per heavy atom. The Morgan fingerprint density at radius 3 is 2.55 bits per heavy atom. The van der Waals surface area contributed by atoms with Crippen LogP contribution in [-0.2, 0) is 0 Å². The molecule has 0 spiro atoms. The predicted molar refractivity (Wildman–Crippen MR) is 85.4 cm³/mol. The predicted octanol–water partition coefficient (Wildman–Crippen LogP) is 3.06. The van der Waals surface area contributed by atoms with Gasteiger partial charge in [-0.05, 0) is 19.2 Å². The zero-order chi connectivity index (χ0) is 14.6. The van der Waals surface area contributed by atoms with Crippen molar-refractivity contribution in [2.45, 2.75) is 31.6 Å². The standard InChI is InChI=1S/C15H22N4S/c1-15(2,3)20-11-13(16-4)14-10-17-18-19(14)12-8-6-5-7-9-12/h5-10,13,16H,11H2,1-4H3. The molecule has 1 aromatic heterocycles. The fourth-order valence-electron chi connectivity index (χ4n) is 1.90. The van der Waals surface area contributed by atoms with Crippen molar-refractivity contribution in [2.75, 3.05) is 12.8 Å². The van der Waals surface area contributed by atoms with Crippen LogP contribution in [0.1, 0.15) is 32.5 Å². The van der Waals surface area contributed by atoms with Crippen LogP contribution in [0.15, 0.2) is 36.5 Å². The first-order chi connectivity index (χ1) is 9.51. The van der Waals surface area contributed by atoms with Crippen LogP contribution in [-0.4, -0.2) is 32.5 Å². The van der Waals surface area contributed by atoms with Crippen LogP contribution in [0.25, 0.3) is 5.69 Å². The number of aromatic nitrogens is 3. The first kappa shape index (κ1) is 15.1. The maximum absolute atomic E-state index is 4.22. The summed E-state index contributed by atoms with van der Waals surface area (Å²) in [4.78, 5) is 0. The molecule has 2 aromatic rings. The molecule has 1 aromatic carbocycles. The lowest BCUT2D eigenvalue weighted by Gasteiger charge is -2.23. The second-order valence-electron chi connectivity index (χ2n) is 5.67. The monoisotopic (exact) mass is 290 g/mol. The second kappa shape index (κ2) is 6.41. The Hall–Kier alpha value is -1.33. The van der Waals surface area contributed by atoms with Crippen LogP contribution in [0, 0.1) is 0 Å². The van der Waals surface area contributed by atoms with E-state index in [1.807, 2.05) is 60.0 Å². The summed E-state index contributed by atoms with van der Waals surface area (Å²) in [7, 11) is 1.98. The third-order valence-corrected chi connectivity index (χ3v) is 4.33. The third kappa shape index (κ3) is 3.84. The molecule has 0 aliphatic rings. The molecule has 0 fully saturated rings. The lowest BCUT2D eigenvalue weighted by molar-refractivity contribution is 0.607. The Balaban J connectivity index is 2.21. The molecule has 20 heavy (non-hydrogen) atoms. The maximum Gasteiger partial charge on any atom is 0.0823 e. The second-order valence-corrected chi connectivity index (χ2v) is 7.52. The molecule has 1 heterocycles. The van der Waals surface area contributed by atoms with Gasteiger partial charge in [-0.15, -0.1) is 5.10 Å². The van der Waals surface area contributed by atoms with Gasteiger partial charge in [-0.1, -0.05) is 44.2 Å². The molecule has 2 rings (SSSR count). The third-order valence-electron chi connectivity index (χ3n) is 2.96. The lowest BCUT2D eigenvalue weighted by atomic mass is 10.2. The van der Waals surface area contributed by atoms with E-state index in [0.717, 1.165) is 17.1 Å². The van der Waals surface area contributed by atoms with Crippen molar-refractivity contribution in [1.29, 1.82) is 0 Å². The molecule has 0 saturated carbocycles. The molecule has 0 bridgehead atoms. The number of nitrogens with one attached hydrogen (secondary N) is 1. The number of rotatable bonds is 5. The van der Waals surface area contributed by atoms with Crippen LogP contribution in [0.3, 0.4) is 0 Å². The van der Waals surface area contributed by atoms with Crippen molar-refractivity contribution in [3.05, 3.63) is 42.2 Å². The molecule has 1 N–H and O–H groups in total. The molecule has 0 radical (unpaired) electrons. The van der Waals surface area contributed by atoms with E-state index in [1.165, 1.54) is 0 Å². The van der Waals surface area contributed by atoms with Crippen LogP contribution >= 0.6 is 11.8 Å². The number of para-hydroxylation sites is 1. The average molecular weight is 290 g/mol. The molecule has 5 heteroatoms. The van der Waals surface area contributed by atoms with E-state index in [1.54, 1.807) is 0 Å². The zero-order valence-corrected chi connectivity index (χ0v) is 13.3. The minimum Gasteiger partial charge on any atom is -0.311 e. The number of thioether (sulfide) groups is 1. The Kier molecular flexibility index (Phi) is 4.83. The molecule has 0 aliphatic heterocycles. The van der Waals surface area contributed by atoms with Gasteiger partial charge in [-0.25, -0.2) is 4.68 Å². The molecule has 4 nitrogen and oxygen atoms in total. The summed E-state index contributed by atoms with van der Waals surface area (Å²) in [5.74, 6) is 0.986. The summed E-state index contributed by atoms with van der Waals surface area (Å²) in [5, 5.41) is 11.7. The molecule has 1 unspecified atom stereocenters. The first-order valence-corrected chi connectivity index (χ1v) is 7.77. The average Bonchev–Trinajstić information content (AvgIpc) is 2.88. The number of benzene rings is 1. The highest BCUT2D eigenvalue weighted by atomic mass is 32.2. The van der Waals surface area contributed by atoms with Crippen molar-refractivity contribution in [1.82, 2.24) is 20.3 Å². The quantitative estimate of drug-likeness (QED) is 0.919. The first-order valence-electron chi connectivity index (χ1n) is 6.78. The van der Waals surface area contributed by atoms with Crippen molar-refractivity contribution in [3.8, 4) is 5.69 Å². The van der Waals surface area contributed by atoms with Crippen LogP contribution in [0.2, 0.25) is 0 Å². The van der Waals surface area contributed by atoms with Gasteiger partial charge in [0.15, 0.2) is 0 Å². The van der Waals surface area contributed by atoms with Crippen molar-refractivity contribution in [2.24, 2.45) is 0 Å². The minimum atomic E-state index is 0.231. The van der Waals surface area contributed by atoms with Crippen LogP contribution in [0.4, 0.5) is 0 Å². The number of nitrogens with zero attached hydrogens (tertiary/aromatic N) is 3. The van der Waals surface area contributed by atoms with E-state index in [0.29, 0.717) is 0 Å². The van der Waals surface area contributed by atoms with Crippen LogP contribution in [0.5, 0.6) is 0 Å². The Bertz CT molecular complexity index is 530. The summed E-state index contributed by atoms with van der Waals surface area (Å²) < 4.78 is 2.16. The Labute approximate surface area is 125 Å². The lowest BCUT2D eigenvalue weighted by Crippen LogP contribution is -2.24. The largest absolute Gasteiger partial charge is 0.311 e. The van der Waals surface area contributed by atoms with Gasteiger partial charge in [0.1, 0.15) is 0 Å². The van der Waals surface area contributed by atoms with E-state index in [9.17, 15) is 0 Å². The molecule has 1 atom stereocenters. The van der Waals surface area contributed by atoms with Gasteiger partial charge in [-0.2, -0.15) is 11.8 Å². The van der Waals surface area contributed by atoms with Gasteiger partial charge in [0.25, 0.3) is 0 Å². The zero-order valence-electron chi connectivity index (χ0n) is 12.5. The van der Waals surface area contributed by atoms with Gasteiger partial charge in [-0.3, -0.25) is 0 Å². The molecule has 108 valence electrons. The van der Waals surface area contributed by atoms with Gasteiger partial charge in [0.2, 0.25) is 0 Å². The molecule has 0 amide bonds. The molecule has 0 aliphatic carbocycles. The summed E-state index contributed by atoms with van der Waals surface area (Å²) in [6.45, 7) is 6.70. The van der Waals surface area contributed by atoms with Crippen molar-refractivity contribution >= 4 is 11.8 Å². The maximum atomic E-state index is 4.22. The topological polar surface area (TPSA) is 42.7 Å². The fourth-order valence-corrected chi connectivity index (χ4v) is 2.90. The van der Waals surface area contributed by atoms with Gasteiger partial charge >= 0.3 is 0 Å². The highest BCUT2D eigenvalue weighted by molar-refractivity contribution is 8.00. The van der Waals surface area contributed by atoms with Gasteiger partial charge < -0.3 is 5.32 Å². The van der Waals surface area contributed by atoms with E-state index < -0.39 is 0 Å². The molecule has 0 saturated heterocycles.